The monoisotopic (exact) mass is 357 g/mol. The van der Waals surface area contributed by atoms with E-state index in [0.717, 1.165) is 48.0 Å². The predicted octanol–water partition coefficient (Wildman–Crippen LogP) is 1.45. The highest BCUT2D eigenvalue weighted by Gasteiger charge is 2.33. The third-order valence-electron chi connectivity index (χ3n) is 5.14. The minimum absolute atomic E-state index is 0.118. The average molecular weight is 357 g/mol. The van der Waals surface area contributed by atoms with Crippen LogP contribution in [0.25, 0.3) is 10.9 Å². The van der Waals surface area contributed by atoms with Gasteiger partial charge in [0, 0.05) is 24.9 Å². The van der Waals surface area contributed by atoms with Crippen molar-refractivity contribution in [2.45, 2.75) is 32.2 Å². The zero-order valence-corrected chi connectivity index (χ0v) is 15.7. The summed E-state index contributed by atoms with van der Waals surface area (Å²) in [4.78, 5) is 27.5. The van der Waals surface area contributed by atoms with Crippen molar-refractivity contribution >= 4 is 22.7 Å². The van der Waals surface area contributed by atoms with Crippen molar-refractivity contribution in [2.75, 3.05) is 27.2 Å². The number of aromatic amines is 1. The van der Waals surface area contributed by atoms with Crippen LogP contribution in [0.4, 0.5) is 0 Å². The van der Waals surface area contributed by atoms with Crippen molar-refractivity contribution in [1.29, 1.82) is 0 Å². The SMILES string of the molecule is C[C@H]1CC[C@H](c2ccc3[nH]nc(CCN(C)C)c3c2)N(C(=O)C(N)=O)C1. The Labute approximate surface area is 153 Å². The number of fused-ring (bicyclic) bond motifs is 1. The molecule has 0 saturated carbocycles. The molecule has 1 fully saturated rings. The van der Waals surface area contributed by atoms with Crippen LogP contribution in [0.2, 0.25) is 0 Å². The highest BCUT2D eigenvalue weighted by molar-refractivity contribution is 6.34. The first-order chi connectivity index (χ1) is 12.4. The number of H-pyrrole nitrogens is 1. The fourth-order valence-corrected chi connectivity index (χ4v) is 3.68. The number of nitrogens with one attached hydrogen (secondary N) is 1. The van der Waals surface area contributed by atoms with E-state index in [4.69, 9.17) is 5.73 Å². The Bertz CT molecular complexity index is 813. The van der Waals surface area contributed by atoms with Gasteiger partial charge in [-0.1, -0.05) is 13.0 Å². The predicted molar refractivity (Wildman–Crippen MR) is 100 cm³/mol. The van der Waals surface area contributed by atoms with Gasteiger partial charge in [0.1, 0.15) is 0 Å². The molecule has 3 rings (SSSR count). The van der Waals surface area contributed by atoms with Crippen LogP contribution >= 0.6 is 0 Å². The Hall–Kier alpha value is -2.41. The summed E-state index contributed by atoms with van der Waals surface area (Å²) in [5.74, 6) is -1.12. The van der Waals surface area contributed by atoms with Gasteiger partial charge in [0.15, 0.2) is 0 Å². The summed E-state index contributed by atoms with van der Waals surface area (Å²) in [5.41, 5.74) is 8.31. The second-order valence-electron chi connectivity index (χ2n) is 7.55. The number of hydrogen-bond acceptors (Lipinski definition) is 4. The van der Waals surface area contributed by atoms with E-state index in [-0.39, 0.29) is 6.04 Å². The molecule has 1 aliphatic heterocycles. The smallest absolute Gasteiger partial charge is 0.312 e. The van der Waals surface area contributed by atoms with E-state index in [9.17, 15) is 9.59 Å². The van der Waals surface area contributed by atoms with Gasteiger partial charge in [-0.15, -0.1) is 0 Å². The van der Waals surface area contributed by atoms with Crippen LogP contribution in [-0.2, 0) is 16.0 Å². The van der Waals surface area contributed by atoms with E-state index < -0.39 is 11.8 Å². The Balaban J connectivity index is 1.93. The third kappa shape index (κ3) is 3.72. The van der Waals surface area contributed by atoms with Crippen LogP contribution in [0.5, 0.6) is 0 Å². The number of amides is 2. The molecule has 7 nitrogen and oxygen atoms in total. The zero-order chi connectivity index (χ0) is 18.8. The molecule has 140 valence electrons. The minimum Gasteiger partial charge on any atom is -0.361 e. The van der Waals surface area contributed by atoms with Crippen LogP contribution in [0.1, 0.15) is 37.1 Å². The maximum atomic E-state index is 12.3. The number of primary amides is 1. The Kier molecular flexibility index (Phi) is 5.27. The van der Waals surface area contributed by atoms with Gasteiger partial charge in [0.2, 0.25) is 0 Å². The van der Waals surface area contributed by atoms with Gasteiger partial charge in [-0.25, -0.2) is 0 Å². The van der Waals surface area contributed by atoms with Gasteiger partial charge in [-0.05, 0) is 50.6 Å². The van der Waals surface area contributed by atoms with Crippen molar-refractivity contribution in [3.63, 3.8) is 0 Å². The van der Waals surface area contributed by atoms with Crippen molar-refractivity contribution in [3.05, 3.63) is 29.5 Å². The number of rotatable bonds is 4. The largest absolute Gasteiger partial charge is 0.361 e. The number of carbonyl (C=O) groups is 2. The number of hydrogen-bond donors (Lipinski definition) is 2. The van der Waals surface area contributed by atoms with Crippen molar-refractivity contribution in [3.8, 4) is 0 Å². The lowest BCUT2D eigenvalue weighted by Crippen LogP contribution is -2.46. The van der Waals surface area contributed by atoms with Gasteiger partial charge in [0.25, 0.3) is 0 Å². The number of likely N-dealkylation sites (tertiary alicyclic amines) is 1. The van der Waals surface area contributed by atoms with Crippen LogP contribution in [0.15, 0.2) is 18.2 Å². The molecule has 1 saturated heterocycles. The van der Waals surface area contributed by atoms with E-state index in [2.05, 4.69) is 28.1 Å². The fraction of sp³-hybridized carbons (Fsp3) is 0.526. The summed E-state index contributed by atoms with van der Waals surface area (Å²) in [5, 5.41) is 8.60. The molecule has 3 N–H and O–H groups in total. The Morgan fingerprint density at radius 3 is 2.81 bits per heavy atom. The van der Waals surface area contributed by atoms with E-state index >= 15 is 0 Å². The molecule has 1 aliphatic rings. The van der Waals surface area contributed by atoms with Crippen molar-refractivity contribution in [2.24, 2.45) is 11.7 Å². The number of piperidine rings is 1. The van der Waals surface area contributed by atoms with Crippen LogP contribution < -0.4 is 5.73 Å². The fourth-order valence-electron chi connectivity index (χ4n) is 3.68. The van der Waals surface area contributed by atoms with Gasteiger partial charge in [-0.2, -0.15) is 5.10 Å². The molecule has 26 heavy (non-hydrogen) atoms. The van der Waals surface area contributed by atoms with Crippen LogP contribution in [0, 0.1) is 5.92 Å². The highest BCUT2D eigenvalue weighted by Crippen LogP contribution is 2.34. The maximum absolute atomic E-state index is 12.3. The summed E-state index contributed by atoms with van der Waals surface area (Å²) < 4.78 is 0. The van der Waals surface area contributed by atoms with Crippen LogP contribution in [0.3, 0.4) is 0 Å². The molecule has 0 spiro atoms. The highest BCUT2D eigenvalue weighted by atomic mass is 16.2. The number of aromatic nitrogens is 2. The lowest BCUT2D eigenvalue weighted by Gasteiger charge is -2.38. The van der Waals surface area contributed by atoms with E-state index in [0.29, 0.717) is 12.5 Å². The molecule has 1 aromatic heterocycles. The molecular formula is C19H27N5O2. The Morgan fingerprint density at radius 1 is 1.35 bits per heavy atom. The Morgan fingerprint density at radius 2 is 2.12 bits per heavy atom. The first kappa shape index (κ1) is 18.4. The number of benzene rings is 1. The molecule has 0 bridgehead atoms. The molecule has 2 amide bonds. The molecule has 0 unspecified atom stereocenters. The van der Waals surface area contributed by atoms with Gasteiger partial charge < -0.3 is 15.5 Å². The first-order valence-corrected chi connectivity index (χ1v) is 9.09. The van der Waals surface area contributed by atoms with Gasteiger partial charge in [-0.3, -0.25) is 14.7 Å². The summed E-state index contributed by atoms with van der Waals surface area (Å²) in [6.07, 6.45) is 2.70. The molecular weight excluding hydrogens is 330 g/mol. The number of nitrogens with zero attached hydrogens (tertiary/aromatic N) is 3. The number of likely N-dealkylation sites (N-methyl/N-ethyl adjacent to an activating group) is 1. The summed E-state index contributed by atoms with van der Waals surface area (Å²) in [6.45, 7) is 3.57. The normalized spacial score (nSPS) is 20.7. The topological polar surface area (TPSA) is 95.3 Å². The lowest BCUT2D eigenvalue weighted by molar-refractivity contribution is -0.147. The van der Waals surface area contributed by atoms with E-state index in [1.165, 1.54) is 0 Å². The third-order valence-corrected chi connectivity index (χ3v) is 5.14. The number of carbonyl (C=O) groups excluding carboxylic acids is 2. The summed E-state index contributed by atoms with van der Waals surface area (Å²) >= 11 is 0. The molecule has 0 aliphatic carbocycles. The lowest BCUT2D eigenvalue weighted by atomic mass is 9.89. The van der Waals surface area contributed by atoms with E-state index in [1.54, 1.807) is 4.90 Å². The second-order valence-corrected chi connectivity index (χ2v) is 7.55. The minimum atomic E-state index is -0.889. The number of nitrogens with two attached hydrogens (primary N) is 1. The van der Waals surface area contributed by atoms with E-state index in [1.807, 2.05) is 26.2 Å². The summed E-state index contributed by atoms with van der Waals surface area (Å²) in [6, 6.07) is 6.00. The molecule has 2 aromatic rings. The van der Waals surface area contributed by atoms with Gasteiger partial charge >= 0.3 is 11.8 Å². The van der Waals surface area contributed by atoms with Gasteiger partial charge in [0.05, 0.1) is 17.3 Å². The van der Waals surface area contributed by atoms with Crippen molar-refractivity contribution in [1.82, 2.24) is 20.0 Å². The second kappa shape index (κ2) is 7.45. The quantitative estimate of drug-likeness (QED) is 0.810. The van der Waals surface area contributed by atoms with Crippen LogP contribution in [-0.4, -0.2) is 59.0 Å². The molecule has 1 aromatic carbocycles. The summed E-state index contributed by atoms with van der Waals surface area (Å²) in [7, 11) is 4.08. The standard InChI is InChI=1S/C19H27N5O2/c1-12-4-7-17(24(11-12)19(26)18(20)25)13-5-6-15-14(10-13)16(22-21-15)8-9-23(2)3/h5-6,10,12,17H,4,7-9,11H2,1-3H3,(H2,20,25)(H,21,22)/t12-,17+/m0/s1. The molecule has 0 radical (unpaired) electrons. The zero-order valence-electron chi connectivity index (χ0n) is 15.7. The molecule has 2 atom stereocenters. The molecule has 7 heteroatoms. The maximum Gasteiger partial charge on any atom is 0.312 e. The first-order valence-electron chi connectivity index (χ1n) is 9.09. The molecule has 2 heterocycles. The average Bonchev–Trinajstić information content (AvgIpc) is 3.01. The van der Waals surface area contributed by atoms with Crippen molar-refractivity contribution < 1.29 is 9.59 Å².